The molecule has 1 N–H and O–H groups in total. The average Bonchev–Trinajstić information content (AvgIpc) is 4.35. The van der Waals surface area contributed by atoms with E-state index in [0.717, 1.165) is 56.3 Å². The Kier molecular flexibility index (Phi) is 40.6. The molecule has 0 aliphatic carbocycles. The Balaban J connectivity index is 0.000000437. The third-order valence-corrected chi connectivity index (χ3v) is 8.98. The van der Waals surface area contributed by atoms with Crippen molar-refractivity contribution in [2.24, 2.45) is 0 Å². The third kappa shape index (κ3) is 45.6. The zero-order valence-corrected chi connectivity index (χ0v) is 48.5. The molecule has 12 heterocycles. The van der Waals surface area contributed by atoms with Crippen molar-refractivity contribution in [1.29, 1.82) is 0 Å². The molecule has 416 valence electrons. The second-order valence-electron chi connectivity index (χ2n) is 15.4. The van der Waals surface area contributed by atoms with E-state index < -0.39 is 0 Å². The van der Waals surface area contributed by atoms with Crippen molar-refractivity contribution in [3.05, 3.63) is 252 Å². The van der Waals surface area contributed by atoms with Crippen LogP contribution >= 0.6 is 23.1 Å². The van der Waals surface area contributed by atoms with Gasteiger partial charge in [0.25, 0.3) is 0 Å². The van der Waals surface area contributed by atoms with Gasteiger partial charge in [0.1, 0.15) is 42.6 Å². The number of hydrogen-bond donors (Lipinski definition) is 1. The maximum absolute atomic E-state index is 4.35. The van der Waals surface area contributed by atoms with Gasteiger partial charge >= 0.3 is 0 Å². The fourth-order valence-corrected chi connectivity index (χ4v) is 4.78. The summed E-state index contributed by atoms with van der Waals surface area (Å²) >= 11 is 2.80. The van der Waals surface area contributed by atoms with E-state index >= 15 is 0 Å². The summed E-state index contributed by atoms with van der Waals surface area (Å²) in [6.07, 6.45) is 32.0. The predicted octanol–water partition coefficient (Wildman–Crippen LogP) is 9.67. The maximum Gasteiger partial charge on any atom is 0.147 e. The lowest BCUT2D eigenvalue weighted by Gasteiger charge is -1.82. The molecule has 0 radical (unpaired) electrons. The lowest BCUT2D eigenvalue weighted by atomic mass is 10.3. The fraction of sp³-hybridized carbons (Fsp3) is 0.222. The Labute approximate surface area is 475 Å². The summed E-state index contributed by atoms with van der Waals surface area (Å²) in [5.74, 6) is 1.68. The Hall–Kier alpha value is -9.82. The molecule has 80 heavy (non-hydrogen) atoms. The van der Waals surface area contributed by atoms with E-state index in [1.807, 2.05) is 149 Å². The first-order chi connectivity index (χ1) is 38.7. The van der Waals surface area contributed by atoms with E-state index in [1.165, 1.54) is 59.4 Å². The highest BCUT2D eigenvalue weighted by Crippen LogP contribution is 1.95. The number of rotatable bonds is 0. The van der Waals surface area contributed by atoms with Gasteiger partial charge in [-0.25, -0.2) is 29.9 Å². The van der Waals surface area contributed by atoms with Crippen molar-refractivity contribution >= 4 is 23.1 Å². The molecule has 0 unspecified atom stereocenters. The van der Waals surface area contributed by atoms with Crippen LogP contribution in [0, 0.1) is 83.1 Å². The highest BCUT2D eigenvalue weighted by atomic mass is 32.1. The number of H-pyrrole nitrogens is 1. The second kappa shape index (κ2) is 47.6. The molecule has 0 saturated heterocycles. The van der Waals surface area contributed by atoms with Gasteiger partial charge in [0.15, 0.2) is 0 Å². The zero-order valence-electron chi connectivity index (χ0n) is 46.9. The largest absolute Gasteiger partial charge is 0.345 e. The summed E-state index contributed by atoms with van der Waals surface area (Å²) in [6, 6.07) is 19.3. The van der Waals surface area contributed by atoms with E-state index in [4.69, 9.17) is 0 Å². The molecule has 12 aromatic rings. The molecule has 0 bridgehead atoms. The molecule has 12 aromatic heterocycles. The first-order valence-corrected chi connectivity index (χ1v) is 25.5. The fourth-order valence-electron chi connectivity index (χ4n) is 4.04. The molecular weight excluding hydrogens is 1050 g/mol. The summed E-state index contributed by atoms with van der Waals surface area (Å²) in [7, 11) is 0. The smallest absolute Gasteiger partial charge is 0.147 e. The van der Waals surface area contributed by atoms with Crippen molar-refractivity contribution in [3.8, 4) is 0 Å². The molecule has 0 fully saturated rings. The van der Waals surface area contributed by atoms with Gasteiger partial charge in [0.05, 0.1) is 35.2 Å². The van der Waals surface area contributed by atoms with Crippen molar-refractivity contribution in [2.75, 3.05) is 0 Å². The number of nitrogens with zero attached hydrogens (tertiary/aromatic N) is 22. The van der Waals surface area contributed by atoms with Crippen molar-refractivity contribution in [3.63, 3.8) is 0 Å². The molecule has 12 rings (SSSR count). The standard InChI is InChI=1S/3C6H7N.4C5H6N2.C4H5N3.C3H5N3.C3H4N2O.2C3H4N2S/c1-6-2-4-7-5-3-6;1-6-3-2-4-7-5-6;1-6-4-2-3-5-7-6;1-5-2-6-4-7-3-5;1-5-4-6-2-3-7-5;1-5-6-3-2-4-7-5;1-5-3-2-4-6-7-5;1-4-2-5-3-6-7-4;1-3-4-2-5-6-3;2*1-3-2-6-5-4-3;1-3-2-4-5-6-3/h3*2-5H,1H3;4*2-4H,1H3;2-3H,1H3;2H,1H3,(H,4,5,6);3*2H,1H3. The second-order valence-corrected chi connectivity index (χ2v) is 17.0. The average molecular weight is 1120 g/mol. The first-order valence-electron chi connectivity index (χ1n) is 23.9. The molecule has 24 nitrogen and oxygen atoms in total. The minimum Gasteiger partial charge on any atom is -0.345 e. The van der Waals surface area contributed by atoms with Gasteiger partial charge in [-0.1, -0.05) is 21.1 Å². The van der Waals surface area contributed by atoms with E-state index in [9.17, 15) is 0 Å². The van der Waals surface area contributed by atoms with Crippen LogP contribution in [0.1, 0.15) is 67.4 Å². The predicted molar refractivity (Wildman–Crippen MR) is 308 cm³/mol. The van der Waals surface area contributed by atoms with Crippen molar-refractivity contribution in [2.45, 2.75) is 83.1 Å². The molecule has 0 spiro atoms. The van der Waals surface area contributed by atoms with Crippen LogP contribution in [-0.4, -0.2) is 115 Å². The van der Waals surface area contributed by atoms with Crippen molar-refractivity contribution < 1.29 is 4.52 Å². The lowest BCUT2D eigenvalue weighted by molar-refractivity contribution is 0.393. The van der Waals surface area contributed by atoms with Crippen LogP contribution < -0.4 is 0 Å². The Morgan fingerprint density at radius 1 is 0.388 bits per heavy atom. The van der Waals surface area contributed by atoms with E-state index in [1.54, 1.807) is 92.8 Å². The first kappa shape index (κ1) is 68.2. The SMILES string of the molecule is Cc1ccccn1.Cc1cccnc1.Cc1cccnn1.Cc1ccncc1.Cc1cnccn1.Cc1cncnc1.Cc1cncnn1.Cc1cnns1.Cc1conn1.Cc1csnn1.Cc1ncccn1.Cc1ncn[nH]1. The Morgan fingerprint density at radius 3 is 1.30 bits per heavy atom. The Bertz CT molecular complexity index is 2500. The van der Waals surface area contributed by atoms with Crippen LogP contribution in [0.25, 0.3) is 0 Å². The van der Waals surface area contributed by atoms with Gasteiger partial charge in [0, 0.05) is 102 Å². The summed E-state index contributed by atoms with van der Waals surface area (Å²) < 4.78 is 11.6. The normalized spacial score (nSPS) is 8.75. The maximum atomic E-state index is 4.35. The summed E-state index contributed by atoms with van der Waals surface area (Å²) in [5.41, 5.74) is 9.23. The van der Waals surface area contributed by atoms with Gasteiger partial charge in [0.2, 0.25) is 0 Å². The quantitative estimate of drug-likeness (QED) is 0.148. The molecule has 0 saturated carbocycles. The van der Waals surface area contributed by atoms with Crippen LogP contribution in [0.3, 0.4) is 0 Å². The van der Waals surface area contributed by atoms with Gasteiger partial charge in [-0.15, -0.1) is 20.4 Å². The summed E-state index contributed by atoms with van der Waals surface area (Å²) in [5, 5.41) is 36.7. The summed E-state index contributed by atoms with van der Waals surface area (Å²) in [4.78, 5) is 43.4. The van der Waals surface area contributed by atoms with Crippen molar-refractivity contribution in [1.82, 2.24) is 115 Å². The molecular formula is C54H67N23OS2. The van der Waals surface area contributed by atoms with E-state index in [2.05, 4.69) is 119 Å². The lowest BCUT2D eigenvalue weighted by Crippen LogP contribution is -1.84. The number of aryl methyl sites for hydroxylation is 12. The minimum atomic E-state index is 0.815. The van der Waals surface area contributed by atoms with Gasteiger partial charge in [-0.2, -0.15) is 20.4 Å². The number of pyridine rings is 3. The molecule has 26 heteroatoms. The van der Waals surface area contributed by atoms with E-state index in [0.29, 0.717) is 0 Å². The molecule has 0 aliphatic rings. The minimum absolute atomic E-state index is 0.815. The highest BCUT2D eigenvalue weighted by molar-refractivity contribution is 7.05. The monoisotopic (exact) mass is 1120 g/mol. The van der Waals surface area contributed by atoms with Crippen LogP contribution in [0.5, 0.6) is 0 Å². The Morgan fingerprint density at radius 2 is 1.05 bits per heavy atom. The topological polar surface area (TPSA) is 313 Å². The zero-order chi connectivity index (χ0) is 58.5. The number of aromatic amines is 1. The molecule has 0 amide bonds. The number of hydrogen-bond acceptors (Lipinski definition) is 25. The van der Waals surface area contributed by atoms with Gasteiger partial charge < -0.3 is 4.52 Å². The third-order valence-electron chi connectivity index (χ3n) is 7.79. The summed E-state index contributed by atoms with van der Waals surface area (Å²) in [6.45, 7) is 23.1. The molecule has 0 aromatic carbocycles. The van der Waals surface area contributed by atoms with E-state index in [-0.39, 0.29) is 0 Å². The van der Waals surface area contributed by atoms with Crippen LogP contribution in [-0.2, 0) is 0 Å². The van der Waals surface area contributed by atoms with Crippen LogP contribution in [0.2, 0.25) is 0 Å². The number of aromatic nitrogens is 23. The van der Waals surface area contributed by atoms with Gasteiger partial charge in [-0.3, -0.25) is 30.0 Å². The van der Waals surface area contributed by atoms with Crippen LogP contribution in [0.15, 0.2) is 189 Å². The molecule has 0 aliphatic heterocycles. The molecule has 0 atom stereocenters. The van der Waals surface area contributed by atoms with Gasteiger partial charge in [-0.05, 0) is 171 Å². The van der Waals surface area contributed by atoms with Crippen LogP contribution in [0.4, 0.5) is 0 Å². The highest BCUT2D eigenvalue weighted by Gasteiger charge is 1.83. The number of nitrogens with one attached hydrogen (secondary N) is 1.